The third kappa shape index (κ3) is 6.61. The van der Waals surface area contributed by atoms with Gasteiger partial charge in [0.25, 0.3) is 5.56 Å². The molecule has 1 aliphatic rings. The fourth-order valence-electron chi connectivity index (χ4n) is 5.73. The highest BCUT2D eigenvalue weighted by Gasteiger charge is 2.35. The maximum atomic E-state index is 14.9. The molecule has 2 aromatic carbocycles. The molecule has 0 radical (unpaired) electrons. The van der Waals surface area contributed by atoms with E-state index in [1.807, 2.05) is 18.0 Å². The topological polar surface area (TPSA) is 89.4 Å². The van der Waals surface area contributed by atoms with E-state index in [9.17, 15) is 27.2 Å². The summed E-state index contributed by atoms with van der Waals surface area (Å²) in [4.78, 5) is 36.1. The van der Waals surface area contributed by atoms with Crippen LogP contribution in [0, 0.1) is 19.7 Å². The lowest BCUT2D eigenvalue weighted by Gasteiger charge is -2.37. The fraction of sp³-hybridized carbons (Fsp3) is 0.344. The number of hydrogen-bond acceptors (Lipinski definition) is 6. The molecule has 2 N–H and O–H groups in total. The van der Waals surface area contributed by atoms with E-state index in [2.05, 4.69) is 16.0 Å². The molecule has 1 atom stereocenters. The Hall–Kier alpha value is -4.29. The minimum atomic E-state index is -4.84. The molecule has 2 aromatic heterocycles. The highest BCUT2D eigenvalue weighted by atomic mass is 19.4. The molecule has 0 spiro atoms. The van der Waals surface area contributed by atoms with Gasteiger partial charge in [0.05, 0.1) is 18.7 Å². The molecule has 0 amide bonds. The molecule has 4 aromatic rings. The second kappa shape index (κ2) is 12.7. The molecule has 8 nitrogen and oxygen atoms in total. The second-order valence-electron chi connectivity index (χ2n) is 11.1. The van der Waals surface area contributed by atoms with Gasteiger partial charge in [-0.25, -0.2) is 9.18 Å². The Kier molecular flexibility index (Phi) is 9.02. The highest BCUT2D eigenvalue weighted by Crippen LogP contribution is 2.33. The van der Waals surface area contributed by atoms with Crippen LogP contribution >= 0.6 is 0 Å². The van der Waals surface area contributed by atoms with Gasteiger partial charge in [0, 0.05) is 62.4 Å². The van der Waals surface area contributed by atoms with Crippen LogP contribution in [0.1, 0.15) is 39.6 Å². The third-order valence-electron chi connectivity index (χ3n) is 8.03. The predicted octanol–water partition coefficient (Wildman–Crippen LogP) is 4.25. The first-order chi connectivity index (χ1) is 20.9. The molecule has 44 heavy (non-hydrogen) atoms. The molecule has 1 fully saturated rings. The largest absolute Gasteiger partial charge is 0.416 e. The molecule has 0 bridgehead atoms. The maximum absolute atomic E-state index is 14.9. The maximum Gasteiger partial charge on any atom is 0.416 e. The van der Waals surface area contributed by atoms with Crippen LogP contribution in [0.2, 0.25) is 0 Å². The minimum absolute atomic E-state index is 0.164. The molecule has 1 saturated heterocycles. The average Bonchev–Trinajstić information content (AvgIpc) is 2.99. The minimum Gasteiger partial charge on any atom is -0.363 e. The number of nitrogens with two attached hydrogens (primary N) is 1. The van der Waals surface area contributed by atoms with E-state index in [-0.39, 0.29) is 17.9 Å². The number of anilines is 1. The van der Waals surface area contributed by atoms with Gasteiger partial charge in [0.2, 0.25) is 0 Å². The summed E-state index contributed by atoms with van der Waals surface area (Å²) in [6.45, 7) is 5.31. The number of pyridine rings is 1. The van der Waals surface area contributed by atoms with Crippen molar-refractivity contribution in [3.8, 4) is 0 Å². The van der Waals surface area contributed by atoms with Crippen molar-refractivity contribution < 1.29 is 17.6 Å². The number of nitrogens with zero attached hydrogens (tertiary/aromatic N) is 5. The zero-order valence-electron chi connectivity index (χ0n) is 24.5. The first kappa shape index (κ1) is 31.1. The molecule has 12 heteroatoms. The van der Waals surface area contributed by atoms with Gasteiger partial charge in [-0.1, -0.05) is 42.5 Å². The number of benzene rings is 2. The fourth-order valence-corrected chi connectivity index (χ4v) is 5.73. The summed E-state index contributed by atoms with van der Waals surface area (Å²) in [7, 11) is 0. The van der Waals surface area contributed by atoms with E-state index in [1.165, 1.54) is 6.92 Å². The number of alkyl halides is 3. The molecular formula is C32H34F4N6O2. The van der Waals surface area contributed by atoms with Gasteiger partial charge in [-0.2, -0.15) is 13.2 Å². The Morgan fingerprint density at radius 2 is 1.61 bits per heavy atom. The van der Waals surface area contributed by atoms with Crippen molar-refractivity contribution >= 4 is 5.69 Å². The smallest absolute Gasteiger partial charge is 0.363 e. The summed E-state index contributed by atoms with van der Waals surface area (Å²) in [5.74, 6) is -1.09. The predicted molar refractivity (Wildman–Crippen MR) is 160 cm³/mol. The van der Waals surface area contributed by atoms with Crippen molar-refractivity contribution in [2.75, 3.05) is 31.1 Å². The Balaban J connectivity index is 1.54. The molecular weight excluding hydrogens is 576 g/mol. The normalized spacial score (nSPS) is 15.0. The van der Waals surface area contributed by atoms with Crippen LogP contribution in [0.4, 0.5) is 23.2 Å². The van der Waals surface area contributed by atoms with Crippen molar-refractivity contribution in [1.29, 1.82) is 0 Å². The van der Waals surface area contributed by atoms with E-state index in [0.717, 1.165) is 38.5 Å². The molecule has 3 heterocycles. The van der Waals surface area contributed by atoms with E-state index in [4.69, 9.17) is 5.73 Å². The van der Waals surface area contributed by atoms with Gasteiger partial charge in [-0.15, -0.1) is 0 Å². The Bertz CT molecular complexity index is 1740. The Labute approximate surface area is 252 Å². The van der Waals surface area contributed by atoms with Crippen LogP contribution in [-0.2, 0) is 25.8 Å². The van der Waals surface area contributed by atoms with Gasteiger partial charge < -0.3 is 10.6 Å². The van der Waals surface area contributed by atoms with E-state index < -0.39 is 47.0 Å². The first-order valence-corrected chi connectivity index (χ1v) is 14.3. The quantitative estimate of drug-likeness (QED) is 0.300. The molecule has 1 unspecified atom stereocenters. The summed E-state index contributed by atoms with van der Waals surface area (Å²) in [5, 5.41) is 0. The number of hydrogen-bond donors (Lipinski definition) is 1. The molecule has 5 rings (SSSR count). The lowest BCUT2D eigenvalue weighted by atomic mass is 10.1. The summed E-state index contributed by atoms with van der Waals surface area (Å²) in [5.41, 5.74) is 6.25. The van der Waals surface area contributed by atoms with Gasteiger partial charge in [0.1, 0.15) is 11.5 Å². The zero-order valence-corrected chi connectivity index (χ0v) is 24.5. The lowest BCUT2D eigenvalue weighted by molar-refractivity contribution is -0.138. The zero-order chi connectivity index (χ0) is 31.6. The number of aryl methyl sites for hydroxylation is 1. The van der Waals surface area contributed by atoms with Gasteiger partial charge >= 0.3 is 11.9 Å². The van der Waals surface area contributed by atoms with Crippen molar-refractivity contribution in [3.63, 3.8) is 0 Å². The van der Waals surface area contributed by atoms with Crippen LogP contribution in [0.3, 0.4) is 0 Å². The van der Waals surface area contributed by atoms with Crippen molar-refractivity contribution in [1.82, 2.24) is 19.0 Å². The number of halogens is 4. The summed E-state index contributed by atoms with van der Waals surface area (Å²) >= 11 is 0. The summed E-state index contributed by atoms with van der Waals surface area (Å²) < 4.78 is 58.6. The Morgan fingerprint density at radius 3 is 2.27 bits per heavy atom. The standard InChI is InChI=1S/C32H34F4N6O2/c1-21-15-23(17-38-16-21)18-39-11-13-40(14-12-39)29-22(2)41(19-25-26(32(34,35)36)9-6-10-27(25)33)31(44)42(30(29)43)20-28(37)24-7-4-3-5-8-24/h3-10,15-17,28H,11-14,18-20,37H2,1-2H3. The number of aromatic nitrogens is 3. The summed E-state index contributed by atoms with van der Waals surface area (Å²) in [6, 6.07) is 12.9. The van der Waals surface area contributed by atoms with Crippen molar-refractivity contribution in [2.24, 2.45) is 5.73 Å². The van der Waals surface area contributed by atoms with Crippen LogP contribution in [0.15, 0.2) is 76.6 Å². The monoisotopic (exact) mass is 610 g/mol. The molecule has 0 aliphatic carbocycles. The SMILES string of the molecule is Cc1cncc(CN2CCN(c3c(C)n(Cc4c(F)cccc4C(F)(F)F)c(=O)n(CC(N)c4ccccc4)c3=O)CC2)c1. The molecule has 232 valence electrons. The van der Waals surface area contributed by atoms with Crippen LogP contribution < -0.4 is 21.9 Å². The van der Waals surface area contributed by atoms with Crippen LogP contribution in [0.5, 0.6) is 0 Å². The van der Waals surface area contributed by atoms with E-state index in [1.54, 1.807) is 36.5 Å². The van der Waals surface area contributed by atoms with Crippen molar-refractivity contribution in [2.45, 2.75) is 45.7 Å². The second-order valence-corrected chi connectivity index (χ2v) is 11.1. The van der Waals surface area contributed by atoms with Crippen LogP contribution in [0.25, 0.3) is 0 Å². The number of rotatable bonds is 8. The van der Waals surface area contributed by atoms with Gasteiger partial charge in [0.15, 0.2) is 0 Å². The van der Waals surface area contributed by atoms with Gasteiger partial charge in [-0.3, -0.25) is 23.8 Å². The highest BCUT2D eigenvalue weighted by molar-refractivity contribution is 5.50. The lowest BCUT2D eigenvalue weighted by Crippen LogP contribution is -2.51. The molecule has 0 saturated carbocycles. The van der Waals surface area contributed by atoms with Crippen molar-refractivity contribution in [3.05, 3.63) is 127 Å². The average molecular weight is 611 g/mol. The summed E-state index contributed by atoms with van der Waals surface area (Å²) in [6.07, 6.45) is -1.25. The van der Waals surface area contributed by atoms with Crippen LogP contribution in [-0.4, -0.2) is 45.2 Å². The first-order valence-electron chi connectivity index (χ1n) is 14.3. The van der Waals surface area contributed by atoms with Gasteiger partial charge in [-0.05, 0) is 42.7 Å². The number of piperazine rings is 1. The van der Waals surface area contributed by atoms with E-state index >= 15 is 0 Å². The Morgan fingerprint density at radius 1 is 0.909 bits per heavy atom. The van der Waals surface area contributed by atoms with E-state index in [0.29, 0.717) is 38.3 Å². The third-order valence-corrected chi connectivity index (χ3v) is 8.03. The molecule has 1 aliphatic heterocycles.